The van der Waals surface area contributed by atoms with Crippen LogP contribution in [0, 0.1) is 13.8 Å². The Hall–Kier alpha value is -3.40. The summed E-state index contributed by atoms with van der Waals surface area (Å²) in [5, 5.41) is 5.55. The third-order valence-electron chi connectivity index (χ3n) is 4.68. The first-order chi connectivity index (χ1) is 13.1. The van der Waals surface area contributed by atoms with Crippen LogP contribution < -0.4 is 0 Å². The lowest BCUT2D eigenvalue weighted by molar-refractivity contribution is 0.102. The van der Waals surface area contributed by atoms with Crippen LogP contribution in [0.2, 0.25) is 0 Å². The predicted molar refractivity (Wildman–Crippen MR) is 107 cm³/mol. The number of hydrogen-bond donors (Lipinski definition) is 0. The summed E-state index contributed by atoms with van der Waals surface area (Å²) in [6.45, 7) is 4.69. The van der Waals surface area contributed by atoms with Gasteiger partial charge in [-0.2, -0.15) is 5.10 Å². The number of fused-ring (bicyclic) bond motifs is 1. The highest BCUT2D eigenvalue weighted by Crippen LogP contribution is 2.21. The lowest BCUT2D eigenvalue weighted by Crippen LogP contribution is -2.03. The molecule has 0 N–H and O–H groups in total. The van der Waals surface area contributed by atoms with Gasteiger partial charge in [0.25, 0.3) is 0 Å². The van der Waals surface area contributed by atoms with Crippen molar-refractivity contribution in [1.29, 1.82) is 0 Å². The molecule has 0 fully saturated rings. The minimum Gasteiger partial charge on any atom is -0.453 e. The molecule has 134 valence electrons. The molecule has 0 spiro atoms. The summed E-state index contributed by atoms with van der Waals surface area (Å²) >= 11 is 0. The fraction of sp³-hybridized carbons (Fsp3) is 0.130. The highest BCUT2D eigenvalue weighted by atomic mass is 16.3. The zero-order chi connectivity index (χ0) is 18.8. The van der Waals surface area contributed by atoms with Crippen LogP contribution in [0.15, 0.2) is 71.2 Å². The number of aromatic nitrogens is 2. The summed E-state index contributed by atoms with van der Waals surface area (Å²) in [4.78, 5) is 12.5. The molecule has 0 radical (unpaired) electrons. The molecule has 2 heterocycles. The third kappa shape index (κ3) is 3.47. The number of hydrogen-bond acceptors (Lipinski definition) is 3. The number of furan rings is 1. The van der Waals surface area contributed by atoms with Gasteiger partial charge in [0, 0.05) is 16.6 Å². The van der Waals surface area contributed by atoms with Gasteiger partial charge in [-0.15, -0.1) is 0 Å². The molecule has 4 heteroatoms. The maximum Gasteiger partial charge on any atom is 0.221 e. The van der Waals surface area contributed by atoms with Crippen LogP contribution in [-0.2, 0) is 6.54 Å². The van der Waals surface area contributed by atoms with Crippen molar-refractivity contribution in [3.8, 4) is 0 Å². The van der Waals surface area contributed by atoms with Crippen LogP contribution in [0.25, 0.3) is 17.0 Å². The minimum absolute atomic E-state index is 0.152. The zero-order valence-electron chi connectivity index (χ0n) is 15.3. The van der Waals surface area contributed by atoms with Crippen LogP contribution >= 0.6 is 0 Å². The highest BCUT2D eigenvalue weighted by Gasteiger charge is 2.12. The van der Waals surface area contributed by atoms with Crippen molar-refractivity contribution in [2.75, 3.05) is 0 Å². The van der Waals surface area contributed by atoms with E-state index < -0.39 is 0 Å². The summed E-state index contributed by atoms with van der Waals surface area (Å²) in [6, 6.07) is 19.6. The first-order valence-corrected chi connectivity index (χ1v) is 8.91. The number of nitrogens with zero attached hydrogens (tertiary/aromatic N) is 2. The Kier molecular flexibility index (Phi) is 4.47. The van der Waals surface area contributed by atoms with Gasteiger partial charge in [0.05, 0.1) is 12.2 Å². The van der Waals surface area contributed by atoms with Gasteiger partial charge in [-0.05, 0) is 43.7 Å². The second-order valence-corrected chi connectivity index (χ2v) is 6.57. The lowest BCUT2D eigenvalue weighted by atomic mass is 10.1. The first-order valence-electron chi connectivity index (χ1n) is 8.91. The van der Waals surface area contributed by atoms with Crippen molar-refractivity contribution in [3.63, 3.8) is 0 Å². The molecule has 0 aliphatic carbocycles. The van der Waals surface area contributed by atoms with Crippen molar-refractivity contribution >= 4 is 22.8 Å². The van der Waals surface area contributed by atoms with Crippen LogP contribution in [-0.4, -0.2) is 15.6 Å². The zero-order valence-corrected chi connectivity index (χ0v) is 15.3. The number of carbonyl (C=O) groups excluding carboxylic acids is 1. The van der Waals surface area contributed by atoms with Crippen LogP contribution in [0.3, 0.4) is 0 Å². The maximum atomic E-state index is 12.5. The van der Waals surface area contributed by atoms with E-state index in [9.17, 15) is 4.79 Å². The van der Waals surface area contributed by atoms with E-state index in [2.05, 4.69) is 17.2 Å². The van der Waals surface area contributed by atoms with E-state index in [1.807, 2.05) is 67.1 Å². The Morgan fingerprint density at radius 2 is 1.81 bits per heavy atom. The Bertz CT molecular complexity index is 1100. The number of benzene rings is 2. The number of allylic oxidation sites excluding steroid dienone is 1. The summed E-state index contributed by atoms with van der Waals surface area (Å²) in [7, 11) is 0. The van der Waals surface area contributed by atoms with Crippen molar-refractivity contribution in [2.24, 2.45) is 0 Å². The van der Waals surface area contributed by atoms with Gasteiger partial charge in [0.2, 0.25) is 5.78 Å². The predicted octanol–water partition coefficient (Wildman–Crippen LogP) is 5.19. The van der Waals surface area contributed by atoms with E-state index in [0.29, 0.717) is 12.3 Å². The van der Waals surface area contributed by atoms with Crippen LogP contribution in [0.1, 0.15) is 33.1 Å². The molecule has 0 saturated heterocycles. The van der Waals surface area contributed by atoms with Crippen LogP contribution in [0.5, 0.6) is 0 Å². The quantitative estimate of drug-likeness (QED) is 0.365. The van der Waals surface area contributed by atoms with Gasteiger partial charge in [0.15, 0.2) is 5.76 Å². The Balaban J connectivity index is 1.57. The monoisotopic (exact) mass is 356 g/mol. The van der Waals surface area contributed by atoms with Crippen molar-refractivity contribution in [1.82, 2.24) is 9.78 Å². The fourth-order valence-corrected chi connectivity index (χ4v) is 3.21. The molecule has 27 heavy (non-hydrogen) atoms. The van der Waals surface area contributed by atoms with E-state index in [1.54, 1.807) is 12.1 Å². The van der Waals surface area contributed by atoms with E-state index >= 15 is 0 Å². The van der Waals surface area contributed by atoms with Gasteiger partial charge in [-0.3, -0.25) is 9.48 Å². The third-order valence-corrected chi connectivity index (χ3v) is 4.68. The minimum atomic E-state index is -0.152. The van der Waals surface area contributed by atoms with E-state index in [1.165, 1.54) is 5.56 Å². The topological polar surface area (TPSA) is 48.0 Å². The summed E-state index contributed by atoms with van der Waals surface area (Å²) in [5.74, 6) is 0.195. The number of rotatable bonds is 5. The van der Waals surface area contributed by atoms with Crippen LogP contribution in [0.4, 0.5) is 0 Å². The van der Waals surface area contributed by atoms with E-state index in [4.69, 9.17) is 4.42 Å². The Labute approximate surface area is 157 Å². The number of carbonyl (C=O) groups is 1. The molecule has 2 aromatic heterocycles. The van der Waals surface area contributed by atoms with Crippen molar-refractivity contribution in [2.45, 2.75) is 20.4 Å². The van der Waals surface area contributed by atoms with E-state index in [-0.39, 0.29) is 5.78 Å². The molecule has 0 saturated carbocycles. The van der Waals surface area contributed by atoms with Gasteiger partial charge < -0.3 is 4.42 Å². The van der Waals surface area contributed by atoms with Gasteiger partial charge in [-0.1, -0.05) is 48.5 Å². The molecule has 0 atom stereocenters. The second kappa shape index (κ2) is 7.08. The van der Waals surface area contributed by atoms with Crippen molar-refractivity contribution < 1.29 is 9.21 Å². The summed E-state index contributed by atoms with van der Waals surface area (Å²) in [5.41, 5.74) is 4.81. The van der Waals surface area contributed by atoms with Gasteiger partial charge in [0.1, 0.15) is 5.58 Å². The lowest BCUT2D eigenvalue weighted by Gasteiger charge is -2.04. The Morgan fingerprint density at radius 1 is 1.07 bits per heavy atom. The number of ketones is 1. The molecule has 0 unspecified atom stereocenters. The molecule has 2 aromatic carbocycles. The molecule has 0 aliphatic heterocycles. The summed E-state index contributed by atoms with van der Waals surface area (Å²) in [6.07, 6.45) is 3.39. The molecular weight excluding hydrogens is 336 g/mol. The molecule has 0 aliphatic rings. The molecule has 4 aromatic rings. The summed E-state index contributed by atoms with van der Waals surface area (Å²) < 4.78 is 7.61. The smallest absolute Gasteiger partial charge is 0.221 e. The largest absolute Gasteiger partial charge is 0.453 e. The number of para-hydroxylation sites is 1. The van der Waals surface area contributed by atoms with Gasteiger partial charge >= 0.3 is 0 Å². The van der Waals surface area contributed by atoms with E-state index in [0.717, 1.165) is 27.9 Å². The average Bonchev–Trinajstić information content (AvgIpc) is 3.22. The first kappa shape index (κ1) is 17.0. The SMILES string of the molecule is Cc1nn(Cc2ccccc2)c(C)c1/C=C/C(=O)c1cc2ccccc2o1. The Morgan fingerprint density at radius 3 is 2.59 bits per heavy atom. The second-order valence-electron chi connectivity index (χ2n) is 6.57. The molecule has 0 amide bonds. The highest BCUT2D eigenvalue weighted by molar-refractivity contribution is 6.07. The average molecular weight is 356 g/mol. The standard InChI is InChI=1S/C23H20N2O2/c1-16-20(17(2)25(24-16)15-18-8-4-3-5-9-18)12-13-21(26)23-14-19-10-6-7-11-22(19)27-23/h3-14H,15H2,1-2H3/b13-12+. The molecule has 4 nitrogen and oxygen atoms in total. The fourth-order valence-electron chi connectivity index (χ4n) is 3.21. The molecular formula is C23H20N2O2. The normalized spacial score (nSPS) is 11.5. The number of aryl methyl sites for hydroxylation is 1. The molecule has 4 rings (SSSR count). The van der Waals surface area contributed by atoms with Gasteiger partial charge in [-0.25, -0.2) is 0 Å². The molecule has 0 bridgehead atoms. The van der Waals surface area contributed by atoms with Crippen molar-refractivity contribution in [3.05, 3.63) is 95.0 Å². The maximum absolute atomic E-state index is 12.5.